The molecule has 2 aliphatic heterocycles. The van der Waals surface area contributed by atoms with Crippen LogP contribution in [0.5, 0.6) is 0 Å². The van der Waals surface area contributed by atoms with Gasteiger partial charge in [0.2, 0.25) is 5.91 Å². The molecule has 3 aliphatic rings. The molecule has 2 aromatic carbocycles. The third kappa shape index (κ3) is 3.28. The molecule has 1 saturated heterocycles. The van der Waals surface area contributed by atoms with Gasteiger partial charge in [0.05, 0.1) is 11.0 Å². The largest absolute Gasteiger partial charge is 0.371 e. The molecule has 0 saturated carbocycles. The molecule has 3 nitrogen and oxygen atoms in total. The Labute approximate surface area is 199 Å². The van der Waals surface area contributed by atoms with E-state index in [1.54, 1.807) is 12.1 Å². The number of hydrogen-bond acceptors (Lipinski definition) is 2. The monoisotopic (exact) mass is 490 g/mol. The first-order valence-corrected chi connectivity index (χ1v) is 11.4. The van der Waals surface area contributed by atoms with Gasteiger partial charge in [0.25, 0.3) is 0 Å². The van der Waals surface area contributed by atoms with Crippen LogP contribution in [0.25, 0.3) is 0 Å². The fraction of sp³-hybridized carbons (Fsp3) is 0.250. The van der Waals surface area contributed by atoms with Crippen LogP contribution < -0.4 is 10.6 Å². The second-order valence-electron chi connectivity index (χ2n) is 8.36. The summed E-state index contributed by atoms with van der Waals surface area (Å²) in [5, 5.41) is 7.41. The third-order valence-electron chi connectivity index (χ3n) is 6.66. The van der Waals surface area contributed by atoms with Crippen molar-refractivity contribution in [3.8, 4) is 0 Å². The van der Waals surface area contributed by atoms with Crippen molar-refractivity contribution in [2.75, 3.05) is 5.32 Å². The molecule has 3 unspecified atom stereocenters. The zero-order valence-corrected chi connectivity index (χ0v) is 19.0. The van der Waals surface area contributed by atoms with Crippen LogP contribution in [0.15, 0.2) is 59.7 Å². The van der Waals surface area contributed by atoms with Gasteiger partial charge in [-0.05, 0) is 59.7 Å². The molecule has 32 heavy (non-hydrogen) atoms. The van der Waals surface area contributed by atoms with Crippen molar-refractivity contribution in [3.63, 3.8) is 0 Å². The number of halogens is 4. The molecule has 0 radical (unpaired) electrons. The number of carbonyl (C=O) groups is 1. The number of amides is 1. The Morgan fingerprint density at radius 3 is 2.62 bits per heavy atom. The fourth-order valence-electron chi connectivity index (χ4n) is 5.36. The van der Waals surface area contributed by atoms with Gasteiger partial charge in [-0.15, -0.1) is 0 Å². The zero-order valence-electron chi connectivity index (χ0n) is 16.7. The molecule has 1 amide bonds. The number of piperidine rings is 1. The van der Waals surface area contributed by atoms with E-state index in [2.05, 4.69) is 10.6 Å². The van der Waals surface area contributed by atoms with E-state index in [0.717, 1.165) is 17.7 Å². The first-order valence-electron chi connectivity index (χ1n) is 10.2. The topological polar surface area (TPSA) is 41.1 Å². The van der Waals surface area contributed by atoms with Crippen molar-refractivity contribution in [2.45, 2.75) is 24.3 Å². The molecule has 1 aliphatic carbocycles. The van der Waals surface area contributed by atoms with Crippen molar-refractivity contribution in [3.05, 3.63) is 87.4 Å². The molecule has 2 N–H and O–H groups in total. The lowest BCUT2D eigenvalue weighted by Gasteiger charge is -2.49. The van der Waals surface area contributed by atoms with Gasteiger partial charge < -0.3 is 10.6 Å². The van der Waals surface area contributed by atoms with E-state index in [1.165, 1.54) is 6.07 Å². The molecule has 2 heterocycles. The number of thiocarbonyl (C=S) groups is 1. The summed E-state index contributed by atoms with van der Waals surface area (Å²) >= 11 is 18.2. The lowest BCUT2D eigenvalue weighted by atomic mass is 9.57. The smallest absolute Gasteiger partial charge is 0.237 e. The zero-order chi connectivity index (χ0) is 22.6. The predicted octanol–water partition coefficient (Wildman–Crippen LogP) is 6.19. The van der Waals surface area contributed by atoms with Crippen molar-refractivity contribution in [1.29, 1.82) is 0 Å². The third-order valence-corrected chi connectivity index (χ3v) is 7.46. The van der Waals surface area contributed by atoms with E-state index in [0.29, 0.717) is 39.1 Å². The lowest BCUT2D eigenvalue weighted by molar-refractivity contribution is -0.125. The molecule has 5 rings (SSSR count). The highest BCUT2D eigenvalue weighted by atomic mass is 35.5. The van der Waals surface area contributed by atoms with Gasteiger partial charge in [0, 0.05) is 22.2 Å². The van der Waals surface area contributed by atoms with Crippen LogP contribution in [0.4, 0.5) is 14.5 Å². The van der Waals surface area contributed by atoms with Crippen molar-refractivity contribution in [2.24, 2.45) is 11.8 Å². The van der Waals surface area contributed by atoms with Crippen molar-refractivity contribution >= 4 is 52.0 Å². The van der Waals surface area contributed by atoms with E-state index < -0.39 is 23.1 Å². The average molecular weight is 491 g/mol. The van der Waals surface area contributed by atoms with Gasteiger partial charge in [-0.1, -0.05) is 59.7 Å². The number of benzene rings is 2. The van der Waals surface area contributed by atoms with Crippen LogP contribution in [-0.4, -0.2) is 10.9 Å². The van der Waals surface area contributed by atoms with Crippen LogP contribution in [-0.2, 0) is 10.2 Å². The van der Waals surface area contributed by atoms with Gasteiger partial charge in [0.1, 0.15) is 5.41 Å². The lowest BCUT2D eigenvalue weighted by Crippen LogP contribution is -2.59. The Hall–Kier alpha value is -2.28. The SMILES string of the molecule is O=C1Nc2cc(Cl)ccc2[C@]12C(c1ccc(F)c(F)c1)NC(=S)CC2C1C=CC=C(Cl)C1. The molecule has 1 fully saturated rings. The summed E-state index contributed by atoms with van der Waals surface area (Å²) in [7, 11) is 0. The van der Waals surface area contributed by atoms with Gasteiger partial charge in [-0.25, -0.2) is 8.78 Å². The maximum atomic E-state index is 14.3. The highest BCUT2D eigenvalue weighted by Crippen LogP contribution is 2.57. The molecule has 1 spiro atoms. The maximum absolute atomic E-state index is 14.3. The number of nitrogens with one attached hydrogen (secondary N) is 2. The first kappa shape index (κ1) is 21.6. The van der Waals surface area contributed by atoms with Gasteiger partial charge in [-0.3, -0.25) is 4.79 Å². The van der Waals surface area contributed by atoms with Crippen LogP contribution in [0, 0.1) is 23.5 Å². The van der Waals surface area contributed by atoms with Crippen LogP contribution in [0.3, 0.4) is 0 Å². The second-order valence-corrected chi connectivity index (χ2v) is 9.78. The fourth-order valence-corrected chi connectivity index (χ4v) is 6.08. The number of carbonyl (C=O) groups excluding carboxylic acids is 1. The van der Waals surface area contributed by atoms with Crippen LogP contribution in [0.1, 0.15) is 30.0 Å². The number of anilines is 1. The molecule has 2 aromatic rings. The predicted molar refractivity (Wildman–Crippen MR) is 126 cm³/mol. The molecular weight excluding hydrogens is 473 g/mol. The summed E-state index contributed by atoms with van der Waals surface area (Å²) < 4.78 is 28.0. The van der Waals surface area contributed by atoms with E-state index >= 15 is 0 Å². The normalized spacial score (nSPS) is 28.9. The summed E-state index contributed by atoms with van der Waals surface area (Å²) in [4.78, 5) is 14.4. The summed E-state index contributed by atoms with van der Waals surface area (Å²) in [6.45, 7) is 0. The quantitative estimate of drug-likeness (QED) is 0.493. The Bertz CT molecular complexity index is 1210. The van der Waals surface area contributed by atoms with E-state index in [1.807, 2.05) is 24.3 Å². The Morgan fingerprint density at radius 2 is 1.88 bits per heavy atom. The standard InChI is InChI=1S/C24H18Cl2F2N2OS/c25-14-3-1-2-12(8-14)17-11-21(32)30-22(13-4-7-18(27)19(28)9-13)24(17)16-6-5-15(26)10-20(16)29-23(24)31/h1-7,9-10,12,17,22H,8,11H2,(H,29,31)(H,30,32)/t12?,17?,22?,24-/m0/s1. The van der Waals surface area contributed by atoms with Crippen molar-refractivity contribution < 1.29 is 13.6 Å². The van der Waals surface area contributed by atoms with Gasteiger partial charge in [0.15, 0.2) is 11.6 Å². The molecule has 4 atom stereocenters. The van der Waals surface area contributed by atoms with Crippen molar-refractivity contribution in [1.82, 2.24) is 5.32 Å². The number of hydrogen-bond donors (Lipinski definition) is 2. The van der Waals surface area contributed by atoms with Crippen LogP contribution in [0.2, 0.25) is 5.02 Å². The van der Waals surface area contributed by atoms with E-state index in [-0.39, 0.29) is 17.7 Å². The highest BCUT2D eigenvalue weighted by molar-refractivity contribution is 7.80. The Morgan fingerprint density at radius 1 is 1.06 bits per heavy atom. The maximum Gasteiger partial charge on any atom is 0.237 e. The summed E-state index contributed by atoms with van der Waals surface area (Å²) in [6.07, 6.45) is 6.77. The molecule has 0 aromatic heterocycles. The molecule has 164 valence electrons. The van der Waals surface area contributed by atoms with E-state index in [4.69, 9.17) is 35.4 Å². The minimum Gasteiger partial charge on any atom is -0.371 e. The second kappa shape index (κ2) is 7.94. The van der Waals surface area contributed by atoms with E-state index in [9.17, 15) is 13.6 Å². The van der Waals surface area contributed by atoms with Gasteiger partial charge >= 0.3 is 0 Å². The van der Waals surface area contributed by atoms with Crippen LogP contribution >= 0.6 is 35.4 Å². The Balaban J connectivity index is 1.75. The minimum absolute atomic E-state index is 0.0762. The first-order chi connectivity index (χ1) is 15.3. The molecular formula is C24H18Cl2F2N2OS. The minimum atomic E-state index is -1.13. The van der Waals surface area contributed by atoms with Gasteiger partial charge in [-0.2, -0.15) is 0 Å². The summed E-state index contributed by atoms with van der Waals surface area (Å²) in [5.74, 6) is -2.51. The molecule has 0 bridgehead atoms. The number of allylic oxidation sites excluding steroid dienone is 4. The Kier molecular flexibility index (Phi) is 5.35. The number of fused-ring (bicyclic) bond motifs is 2. The summed E-state index contributed by atoms with van der Waals surface area (Å²) in [5.41, 5.74) is 0.669. The number of rotatable bonds is 2. The average Bonchev–Trinajstić information content (AvgIpc) is 3.03. The highest BCUT2D eigenvalue weighted by Gasteiger charge is 2.61. The molecule has 8 heteroatoms. The summed E-state index contributed by atoms with van der Waals surface area (Å²) in [6, 6.07) is 8.26.